The van der Waals surface area contributed by atoms with Crippen molar-refractivity contribution in [3.8, 4) is 0 Å². The Bertz CT molecular complexity index is 885. The number of carboxylic acid groups (broad SMARTS) is 1. The second-order valence-electron chi connectivity index (χ2n) is 7.01. The van der Waals surface area contributed by atoms with Crippen LogP contribution in [0.2, 0.25) is 0 Å². The van der Waals surface area contributed by atoms with Gasteiger partial charge in [0.1, 0.15) is 12.6 Å². The summed E-state index contributed by atoms with van der Waals surface area (Å²) in [5.74, 6) is -3.07. The topological polar surface area (TPSA) is 122 Å². The number of hydrogen-bond donors (Lipinski definition) is 3. The van der Waals surface area contributed by atoms with E-state index in [0.717, 1.165) is 11.1 Å². The molecule has 2 aromatic carbocycles. The molecule has 0 saturated carbocycles. The number of hydrogen-bond acceptors (Lipinski definition) is 5. The first-order valence-corrected chi connectivity index (χ1v) is 9.91. The van der Waals surface area contributed by atoms with Crippen LogP contribution < -0.4 is 10.6 Å². The molecule has 0 aliphatic carbocycles. The number of carboxylic acids is 1. The van der Waals surface area contributed by atoms with E-state index in [1.165, 1.54) is 0 Å². The van der Waals surface area contributed by atoms with Crippen molar-refractivity contribution in [3.05, 3.63) is 71.8 Å². The van der Waals surface area contributed by atoms with Crippen molar-refractivity contribution in [1.82, 2.24) is 10.6 Å². The van der Waals surface area contributed by atoms with Crippen LogP contribution in [0.1, 0.15) is 43.4 Å². The second-order valence-corrected chi connectivity index (χ2v) is 7.01. The maximum Gasteiger partial charge on any atom is 0.326 e. The summed E-state index contributed by atoms with van der Waals surface area (Å²) in [5.41, 5.74) is 1.70. The third-order valence-electron chi connectivity index (χ3n) is 4.50. The maximum absolute atomic E-state index is 12.1. The fraction of sp³-hybridized carbons (Fsp3) is 0.304. The molecule has 8 nitrogen and oxygen atoms in total. The fourth-order valence-corrected chi connectivity index (χ4v) is 2.80. The molecule has 0 heterocycles. The Balaban J connectivity index is 1.75. The number of esters is 1. The van der Waals surface area contributed by atoms with Crippen molar-refractivity contribution in [3.63, 3.8) is 0 Å². The molecule has 3 N–H and O–H groups in total. The Labute approximate surface area is 180 Å². The molecule has 0 bridgehead atoms. The molecule has 2 aromatic rings. The van der Waals surface area contributed by atoms with E-state index in [1.807, 2.05) is 43.3 Å². The normalized spacial score (nSPS) is 12.3. The number of benzene rings is 2. The molecular formula is C23H26N2O6. The van der Waals surface area contributed by atoms with Gasteiger partial charge in [-0.3, -0.25) is 14.4 Å². The van der Waals surface area contributed by atoms with Crippen LogP contribution in [0.5, 0.6) is 0 Å². The number of carbonyl (C=O) groups is 4. The Morgan fingerprint density at radius 3 is 2.00 bits per heavy atom. The molecule has 2 rings (SSSR count). The van der Waals surface area contributed by atoms with Crippen LogP contribution in [0, 0.1) is 0 Å². The lowest BCUT2D eigenvalue weighted by Gasteiger charge is -2.16. The lowest BCUT2D eigenvalue weighted by atomic mass is 10.1. The van der Waals surface area contributed by atoms with Crippen LogP contribution in [0.4, 0.5) is 0 Å². The average Bonchev–Trinajstić information content (AvgIpc) is 2.77. The van der Waals surface area contributed by atoms with Crippen LogP contribution in [0.25, 0.3) is 0 Å². The summed E-state index contributed by atoms with van der Waals surface area (Å²) in [7, 11) is 0. The van der Waals surface area contributed by atoms with E-state index in [1.54, 1.807) is 24.3 Å². The van der Waals surface area contributed by atoms with Crippen LogP contribution in [0.3, 0.4) is 0 Å². The number of ether oxygens (including phenoxy) is 1. The number of aliphatic carboxylic acids is 1. The minimum absolute atomic E-state index is 0.0136. The second kappa shape index (κ2) is 12.1. The van der Waals surface area contributed by atoms with E-state index in [4.69, 9.17) is 4.74 Å². The summed E-state index contributed by atoms with van der Waals surface area (Å²) in [5, 5.41) is 14.3. The number of amides is 2. The van der Waals surface area contributed by atoms with E-state index in [2.05, 4.69) is 10.6 Å². The number of nitrogens with one attached hydrogen (secondary N) is 2. The lowest BCUT2D eigenvalue weighted by Crippen LogP contribution is -2.42. The molecule has 2 amide bonds. The largest absolute Gasteiger partial charge is 0.480 e. The standard InChI is InChI=1S/C23H26N2O6/c1-16(18-10-6-3-7-11-18)24-20(26)12-13-21(27)25-19(23(29)30)14-22(28)31-15-17-8-4-2-5-9-17/h2-11,16,19H,12-15H2,1H3,(H,24,26)(H,25,27)(H,29,30)/t16-,19-/m1/s1. The average molecular weight is 426 g/mol. The van der Waals surface area contributed by atoms with Gasteiger partial charge in [0.05, 0.1) is 12.5 Å². The van der Waals surface area contributed by atoms with Crippen molar-refractivity contribution in [2.24, 2.45) is 0 Å². The van der Waals surface area contributed by atoms with Gasteiger partial charge in [0.2, 0.25) is 11.8 Å². The van der Waals surface area contributed by atoms with Gasteiger partial charge in [0.15, 0.2) is 0 Å². The summed E-state index contributed by atoms with van der Waals surface area (Å²) < 4.78 is 5.06. The molecule has 8 heteroatoms. The quantitative estimate of drug-likeness (QED) is 0.474. The number of rotatable bonds is 11. The van der Waals surface area contributed by atoms with E-state index < -0.39 is 30.3 Å². The van der Waals surface area contributed by atoms with Crippen molar-refractivity contribution in [2.45, 2.75) is 44.9 Å². The maximum atomic E-state index is 12.1. The fourth-order valence-electron chi connectivity index (χ4n) is 2.80. The lowest BCUT2D eigenvalue weighted by molar-refractivity contribution is -0.151. The van der Waals surface area contributed by atoms with Crippen LogP contribution in [-0.2, 0) is 30.5 Å². The molecule has 0 spiro atoms. The van der Waals surface area contributed by atoms with Gasteiger partial charge in [0, 0.05) is 12.8 Å². The summed E-state index contributed by atoms with van der Waals surface area (Å²) >= 11 is 0. The first-order valence-electron chi connectivity index (χ1n) is 9.91. The molecule has 164 valence electrons. The highest BCUT2D eigenvalue weighted by molar-refractivity contribution is 5.89. The molecule has 0 aliphatic rings. The zero-order valence-corrected chi connectivity index (χ0v) is 17.2. The molecule has 2 atom stereocenters. The highest BCUT2D eigenvalue weighted by Gasteiger charge is 2.24. The molecule has 31 heavy (non-hydrogen) atoms. The van der Waals surface area contributed by atoms with Gasteiger partial charge in [-0.2, -0.15) is 0 Å². The van der Waals surface area contributed by atoms with E-state index in [-0.39, 0.29) is 31.4 Å². The van der Waals surface area contributed by atoms with Gasteiger partial charge < -0.3 is 20.5 Å². The van der Waals surface area contributed by atoms with Gasteiger partial charge in [-0.05, 0) is 18.1 Å². The van der Waals surface area contributed by atoms with E-state index in [9.17, 15) is 24.3 Å². The first kappa shape index (κ1) is 23.6. The molecule has 0 radical (unpaired) electrons. The van der Waals surface area contributed by atoms with Crippen molar-refractivity contribution < 1.29 is 29.0 Å². The summed E-state index contributed by atoms with van der Waals surface area (Å²) in [4.78, 5) is 47.5. The van der Waals surface area contributed by atoms with Gasteiger partial charge in [-0.1, -0.05) is 60.7 Å². The smallest absolute Gasteiger partial charge is 0.326 e. The molecule has 0 aliphatic heterocycles. The van der Waals surface area contributed by atoms with Gasteiger partial charge >= 0.3 is 11.9 Å². The molecule has 0 unspecified atom stereocenters. The minimum Gasteiger partial charge on any atom is -0.480 e. The van der Waals surface area contributed by atoms with Crippen molar-refractivity contribution in [2.75, 3.05) is 0 Å². The predicted octanol–water partition coefficient (Wildman–Crippen LogP) is 2.35. The Hall–Kier alpha value is -3.68. The molecule has 0 saturated heterocycles. The SMILES string of the molecule is C[C@@H](NC(=O)CCC(=O)N[C@H](CC(=O)OCc1ccccc1)C(=O)O)c1ccccc1. The van der Waals surface area contributed by atoms with E-state index >= 15 is 0 Å². The number of carbonyl (C=O) groups excluding carboxylic acids is 3. The monoisotopic (exact) mass is 426 g/mol. The van der Waals surface area contributed by atoms with Crippen LogP contribution in [0.15, 0.2) is 60.7 Å². The summed E-state index contributed by atoms with van der Waals surface area (Å²) in [6, 6.07) is 16.7. The molecular weight excluding hydrogens is 400 g/mol. The Kier molecular flexibility index (Phi) is 9.22. The highest BCUT2D eigenvalue weighted by atomic mass is 16.5. The van der Waals surface area contributed by atoms with Crippen LogP contribution in [-0.4, -0.2) is 34.9 Å². The van der Waals surface area contributed by atoms with Gasteiger partial charge in [0.25, 0.3) is 0 Å². The third-order valence-corrected chi connectivity index (χ3v) is 4.50. The highest BCUT2D eigenvalue weighted by Crippen LogP contribution is 2.11. The summed E-state index contributed by atoms with van der Waals surface area (Å²) in [6.45, 7) is 1.84. The molecule has 0 aromatic heterocycles. The summed E-state index contributed by atoms with van der Waals surface area (Å²) in [6.07, 6.45) is -0.810. The first-order chi connectivity index (χ1) is 14.8. The zero-order chi connectivity index (χ0) is 22.6. The van der Waals surface area contributed by atoms with Crippen molar-refractivity contribution in [1.29, 1.82) is 0 Å². The van der Waals surface area contributed by atoms with Crippen LogP contribution >= 0.6 is 0 Å². The van der Waals surface area contributed by atoms with Crippen molar-refractivity contribution >= 4 is 23.8 Å². The third kappa shape index (κ3) is 8.69. The predicted molar refractivity (Wildman–Crippen MR) is 113 cm³/mol. The zero-order valence-electron chi connectivity index (χ0n) is 17.2. The van der Waals surface area contributed by atoms with Gasteiger partial charge in [-0.25, -0.2) is 4.79 Å². The minimum atomic E-state index is -1.43. The Morgan fingerprint density at radius 1 is 0.871 bits per heavy atom. The molecule has 0 fully saturated rings. The Morgan fingerprint density at radius 2 is 1.42 bits per heavy atom. The van der Waals surface area contributed by atoms with E-state index in [0.29, 0.717) is 0 Å². The van der Waals surface area contributed by atoms with Gasteiger partial charge in [-0.15, -0.1) is 0 Å².